The summed E-state index contributed by atoms with van der Waals surface area (Å²) in [5.41, 5.74) is 1.20. The van der Waals surface area contributed by atoms with Crippen LogP contribution in [-0.2, 0) is 0 Å². The van der Waals surface area contributed by atoms with Crippen molar-refractivity contribution in [3.63, 3.8) is 0 Å². The van der Waals surface area contributed by atoms with E-state index in [9.17, 15) is 14.3 Å². The van der Waals surface area contributed by atoms with Gasteiger partial charge in [-0.1, -0.05) is 0 Å². The minimum absolute atomic E-state index is 0.312. The van der Waals surface area contributed by atoms with E-state index < -0.39 is 17.7 Å². The Bertz CT molecular complexity index is 531. The third-order valence-electron chi connectivity index (χ3n) is 2.53. The summed E-state index contributed by atoms with van der Waals surface area (Å²) in [5.74, 6) is -0.807. The fourth-order valence-electron chi connectivity index (χ4n) is 1.56. The number of aryl methyl sites for hydroxylation is 1. The number of rotatable bonds is 3. The highest BCUT2D eigenvalue weighted by molar-refractivity contribution is 7.10. The van der Waals surface area contributed by atoms with Gasteiger partial charge in [0.2, 0.25) is 0 Å². The molecule has 1 aromatic carbocycles. The Kier molecular flexibility index (Phi) is 3.36. The number of aliphatic hydroxyl groups excluding tert-OH is 1. The Hall–Kier alpha value is -1.52. The van der Waals surface area contributed by atoms with Gasteiger partial charge in [-0.2, -0.15) is 0 Å². The van der Waals surface area contributed by atoms with E-state index in [0.717, 1.165) is 5.56 Å². The number of benzene rings is 1. The average molecular weight is 250 g/mol. The van der Waals surface area contributed by atoms with Gasteiger partial charge in [0, 0.05) is 10.4 Å². The quantitative estimate of drug-likeness (QED) is 0.850. The van der Waals surface area contributed by atoms with E-state index in [4.69, 9.17) is 0 Å². The maximum absolute atomic E-state index is 12.7. The number of carbonyl (C=O) groups excluding carboxylic acids is 1. The van der Waals surface area contributed by atoms with E-state index in [1.807, 2.05) is 18.4 Å². The van der Waals surface area contributed by atoms with Gasteiger partial charge in [-0.05, 0) is 48.2 Å². The predicted octanol–water partition coefficient (Wildman–Crippen LogP) is 3.11. The largest absolute Gasteiger partial charge is 0.379 e. The van der Waals surface area contributed by atoms with Crippen molar-refractivity contribution in [2.45, 2.75) is 13.0 Å². The molecule has 17 heavy (non-hydrogen) atoms. The van der Waals surface area contributed by atoms with Crippen molar-refractivity contribution >= 4 is 17.1 Å². The normalized spacial score (nSPS) is 12.4. The zero-order chi connectivity index (χ0) is 12.4. The monoisotopic (exact) mass is 250 g/mol. The first-order chi connectivity index (χ1) is 8.09. The van der Waals surface area contributed by atoms with Crippen molar-refractivity contribution in [1.29, 1.82) is 0 Å². The fourth-order valence-corrected chi connectivity index (χ4v) is 2.46. The number of halogens is 1. The standard InChI is InChI=1S/C13H11FO2S/c1-8-6-7-17-13(8)12(16)11(15)9-2-4-10(14)5-3-9/h2-7,12,16H,1H3. The zero-order valence-corrected chi connectivity index (χ0v) is 10.00. The highest BCUT2D eigenvalue weighted by atomic mass is 32.1. The molecule has 2 nitrogen and oxygen atoms in total. The zero-order valence-electron chi connectivity index (χ0n) is 9.18. The van der Waals surface area contributed by atoms with Crippen LogP contribution in [0.1, 0.15) is 26.9 Å². The van der Waals surface area contributed by atoms with E-state index in [1.54, 1.807) is 0 Å². The Morgan fingerprint density at radius 2 is 1.94 bits per heavy atom. The Labute approximate surface area is 102 Å². The number of hydrogen-bond acceptors (Lipinski definition) is 3. The number of ketones is 1. The molecule has 0 fully saturated rings. The molecule has 0 saturated heterocycles. The van der Waals surface area contributed by atoms with Crippen LogP contribution in [0.5, 0.6) is 0 Å². The molecule has 0 aliphatic heterocycles. The molecular weight excluding hydrogens is 239 g/mol. The van der Waals surface area contributed by atoms with Crippen molar-refractivity contribution in [3.05, 3.63) is 57.5 Å². The highest BCUT2D eigenvalue weighted by Crippen LogP contribution is 2.26. The van der Waals surface area contributed by atoms with Gasteiger partial charge < -0.3 is 5.11 Å². The maximum atomic E-state index is 12.7. The summed E-state index contributed by atoms with van der Waals surface area (Å²) in [6, 6.07) is 7.03. The summed E-state index contributed by atoms with van der Waals surface area (Å²) in [7, 11) is 0. The third kappa shape index (κ3) is 2.43. The third-order valence-corrected chi connectivity index (χ3v) is 3.60. The molecule has 1 atom stereocenters. The number of hydrogen-bond donors (Lipinski definition) is 1. The van der Waals surface area contributed by atoms with Crippen LogP contribution in [0.15, 0.2) is 35.7 Å². The molecule has 1 N–H and O–H groups in total. The second-order valence-electron chi connectivity index (χ2n) is 3.74. The van der Waals surface area contributed by atoms with Gasteiger partial charge in [0.05, 0.1) is 0 Å². The second kappa shape index (κ2) is 4.77. The lowest BCUT2D eigenvalue weighted by Crippen LogP contribution is -2.11. The van der Waals surface area contributed by atoms with Crippen LogP contribution >= 0.6 is 11.3 Å². The Morgan fingerprint density at radius 3 is 2.47 bits per heavy atom. The molecular formula is C13H11FO2S. The maximum Gasteiger partial charge on any atom is 0.196 e. The molecule has 0 radical (unpaired) electrons. The molecule has 1 unspecified atom stereocenters. The molecule has 0 spiro atoms. The predicted molar refractivity (Wildman–Crippen MR) is 64.7 cm³/mol. The van der Waals surface area contributed by atoms with E-state index in [0.29, 0.717) is 10.4 Å². The summed E-state index contributed by atoms with van der Waals surface area (Å²) in [4.78, 5) is 12.6. The molecule has 2 aromatic rings. The molecule has 0 aliphatic carbocycles. The number of Topliss-reactive ketones (excluding diaryl/α,β-unsaturated/α-hetero) is 1. The molecule has 0 bridgehead atoms. The minimum atomic E-state index is -1.17. The van der Waals surface area contributed by atoms with Crippen molar-refractivity contribution < 1.29 is 14.3 Å². The summed E-state index contributed by atoms with van der Waals surface area (Å²) < 4.78 is 12.7. The van der Waals surface area contributed by atoms with Gasteiger partial charge in [0.25, 0.3) is 0 Å². The lowest BCUT2D eigenvalue weighted by Gasteiger charge is -2.08. The van der Waals surface area contributed by atoms with Crippen LogP contribution in [0.2, 0.25) is 0 Å². The van der Waals surface area contributed by atoms with Crippen LogP contribution in [0, 0.1) is 12.7 Å². The first-order valence-electron chi connectivity index (χ1n) is 5.11. The lowest BCUT2D eigenvalue weighted by atomic mass is 10.0. The molecule has 0 saturated carbocycles. The Balaban J connectivity index is 2.26. The van der Waals surface area contributed by atoms with Gasteiger partial charge in [-0.3, -0.25) is 4.79 Å². The van der Waals surface area contributed by atoms with Gasteiger partial charge >= 0.3 is 0 Å². The summed E-state index contributed by atoms with van der Waals surface area (Å²) in [6.45, 7) is 1.84. The van der Waals surface area contributed by atoms with E-state index in [1.165, 1.54) is 35.6 Å². The van der Waals surface area contributed by atoms with Crippen LogP contribution in [-0.4, -0.2) is 10.9 Å². The average Bonchev–Trinajstić information content (AvgIpc) is 2.74. The SMILES string of the molecule is Cc1ccsc1C(O)C(=O)c1ccc(F)cc1. The van der Waals surface area contributed by atoms with E-state index in [-0.39, 0.29) is 0 Å². The minimum Gasteiger partial charge on any atom is -0.379 e. The van der Waals surface area contributed by atoms with Crippen LogP contribution in [0.25, 0.3) is 0 Å². The second-order valence-corrected chi connectivity index (χ2v) is 4.69. The van der Waals surface area contributed by atoms with Gasteiger partial charge in [0.15, 0.2) is 11.9 Å². The van der Waals surface area contributed by atoms with Crippen LogP contribution in [0.3, 0.4) is 0 Å². The van der Waals surface area contributed by atoms with Crippen molar-refractivity contribution in [2.24, 2.45) is 0 Å². The molecule has 4 heteroatoms. The molecule has 1 aromatic heterocycles. The van der Waals surface area contributed by atoms with E-state index in [2.05, 4.69) is 0 Å². The van der Waals surface area contributed by atoms with Crippen molar-refractivity contribution in [1.82, 2.24) is 0 Å². The smallest absolute Gasteiger partial charge is 0.196 e. The fraction of sp³-hybridized carbons (Fsp3) is 0.154. The first-order valence-corrected chi connectivity index (χ1v) is 5.99. The van der Waals surface area contributed by atoms with Crippen LogP contribution < -0.4 is 0 Å². The molecule has 88 valence electrons. The Morgan fingerprint density at radius 1 is 1.29 bits per heavy atom. The van der Waals surface area contributed by atoms with Crippen molar-refractivity contribution in [3.8, 4) is 0 Å². The topological polar surface area (TPSA) is 37.3 Å². The molecule has 1 heterocycles. The van der Waals surface area contributed by atoms with Gasteiger partial charge in [-0.15, -0.1) is 11.3 Å². The number of thiophene rings is 1. The summed E-state index contributed by atoms with van der Waals surface area (Å²) >= 11 is 1.34. The molecule has 0 aliphatic rings. The molecule has 0 amide bonds. The van der Waals surface area contributed by atoms with E-state index >= 15 is 0 Å². The number of carbonyl (C=O) groups is 1. The molecule has 2 rings (SSSR count). The van der Waals surface area contributed by atoms with Gasteiger partial charge in [-0.25, -0.2) is 4.39 Å². The van der Waals surface area contributed by atoms with Crippen LogP contribution in [0.4, 0.5) is 4.39 Å². The summed E-state index contributed by atoms with van der Waals surface area (Å²) in [5, 5.41) is 11.8. The summed E-state index contributed by atoms with van der Waals surface area (Å²) in [6.07, 6.45) is -1.17. The van der Waals surface area contributed by atoms with Gasteiger partial charge in [0.1, 0.15) is 5.82 Å². The first kappa shape index (κ1) is 12.0. The highest BCUT2D eigenvalue weighted by Gasteiger charge is 2.21. The van der Waals surface area contributed by atoms with Crippen molar-refractivity contribution in [2.75, 3.05) is 0 Å². The lowest BCUT2D eigenvalue weighted by molar-refractivity contribution is 0.0752. The number of aliphatic hydroxyl groups is 1.